The smallest absolute Gasteiger partial charge is 0.147 e. The average Bonchev–Trinajstić information content (AvgIpc) is 2.39. The third-order valence-electron chi connectivity index (χ3n) is 2.57. The van der Waals surface area contributed by atoms with Gasteiger partial charge in [0.1, 0.15) is 11.5 Å². The van der Waals surface area contributed by atoms with Gasteiger partial charge in [0.2, 0.25) is 0 Å². The van der Waals surface area contributed by atoms with Gasteiger partial charge in [-0.25, -0.2) is 0 Å². The van der Waals surface area contributed by atoms with Crippen LogP contribution in [0.3, 0.4) is 0 Å². The Labute approximate surface area is 104 Å². The predicted octanol–water partition coefficient (Wildman–Crippen LogP) is 3.00. The number of fused-ring (bicyclic) bond motifs is 1. The summed E-state index contributed by atoms with van der Waals surface area (Å²) >= 11 is 0. The molecule has 0 spiro atoms. The molecule has 0 saturated heterocycles. The van der Waals surface area contributed by atoms with Crippen LogP contribution in [-0.2, 0) is 0 Å². The highest BCUT2D eigenvalue weighted by atomic mass is 16.5. The third-order valence-corrected chi connectivity index (χ3v) is 2.57. The highest BCUT2D eigenvalue weighted by Crippen LogP contribution is 2.28. The molecule has 3 rings (SSSR count). The first-order valence-corrected chi connectivity index (χ1v) is 5.55. The van der Waals surface area contributed by atoms with Gasteiger partial charge in [-0.3, -0.25) is 9.97 Å². The fraction of sp³-hybridized carbons (Fsp3) is 0. The number of hydrogen-bond acceptors (Lipinski definition) is 4. The molecule has 18 heavy (non-hydrogen) atoms. The zero-order valence-electron chi connectivity index (χ0n) is 9.58. The van der Waals surface area contributed by atoms with Crippen LogP contribution in [0.2, 0.25) is 0 Å². The fourth-order valence-corrected chi connectivity index (χ4v) is 1.78. The number of aromatic nitrogens is 2. The van der Waals surface area contributed by atoms with Crippen LogP contribution < -0.4 is 10.5 Å². The molecule has 0 aliphatic rings. The first kappa shape index (κ1) is 10.5. The van der Waals surface area contributed by atoms with Gasteiger partial charge in [0.05, 0.1) is 23.6 Å². The summed E-state index contributed by atoms with van der Waals surface area (Å²) in [5, 5.41) is 0.961. The van der Waals surface area contributed by atoms with E-state index in [-0.39, 0.29) is 0 Å². The summed E-state index contributed by atoms with van der Waals surface area (Å²) < 4.78 is 5.79. The molecule has 2 aromatic heterocycles. The lowest BCUT2D eigenvalue weighted by Gasteiger charge is -2.08. The molecule has 88 valence electrons. The average molecular weight is 237 g/mol. The zero-order valence-corrected chi connectivity index (χ0v) is 9.58. The lowest BCUT2D eigenvalue weighted by atomic mass is 10.2. The summed E-state index contributed by atoms with van der Waals surface area (Å²) in [6.07, 6.45) is 4.97. The van der Waals surface area contributed by atoms with Gasteiger partial charge in [0.15, 0.2) is 0 Å². The van der Waals surface area contributed by atoms with Crippen LogP contribution in [0.5, 0.6) is 11.5 Å². The number of rotatable bonds is 2. The van der Waals surface area contributed by atoms with Gasteiger partial charge < -0.3 is 10.5 Å². The second-order valence-electron chi connectivity index (χ2n) is 3.88. The van der Waals surface area contributed by atoms with E-state index < -0.39 is 0 Å². The maximum atomic E-state index is 5.79. The summed E-state index contributed by atoms with van der Waals surface area (Å²) in [5.74, 6) is 1.36. The van der Waals surface area contributed by atoms with E-state index in [1.165, 1.54) is 0 Å². The quantitative estimate of drug-likeness (QED) is 0.744. The van der Waals surface area contributed by atoms with Crippen molar-refractivity contribution in [2.75, 3.05) is 5.73 Å². The Morgan fingerprint density at radius 1 is 1.06 bits per heavy atom. The van der Waals surface area contributed by atoms with Gasteiger partial charge in [-0.1, -0.05) is 6.07 Å². The van der Waals surface area contributed by atoms with Crippen LogP contribution in [0.25, 0.3) is 10.9 Å². The van der Waals surface area contributed by atoms with Crippen molar-refractivity contribution in [3.63, 3.8) is 0 Å². The van der Waals surface area contributed by atoms with E-state index in [0.29, 0.717) is 11.4 Å². The van der Waals surface area contributed by atoms with E-state index in [9.17, 15) is 0 Å². The highest BCUT2D eigenvalue weighted by molar-refractivity contribution is 5.85. The maximum Gasteiger partial charge on any atom is 0.147 e. The van der Waals surface area contributed by atoms with Crippen molar-refractivity contribution in [2.45, 2.75) is 0 Å². The SMILES string of the molecule is Nc1cncc(Oc2cccc3ncccc23)c1. The van der Waals surface area contributed by atoms with Crippen LogP contribution in [0.4, 0.5) is 5.69 Å². The maximum absolute atomic E-state index is 5.79. The largest absolute Gasteiger partial charge is 0.455 e. The predicted molar refractivity (Wildman–Crippen MR) is 70.5 cm³/mol. The topological polar surface area (TPSA) is 61.0 Å². The minimum Gasteiger partial charge on any atom is -0.455 e. The van der Waals surface area contributed by atoms with Gasteiger partial charge in [-0.05, 0) is 24.3 Å². The molecule has 0 amide bonds. The van der Waals surface area contributed by atoms with Gasteiger partial charge in [-0.2, -0.15) is 0 Å². The lowest BCUT2D eigenvalue weighted by Crippen LogP contribution is -1.90. The summed E-state index contributed by atoms with van der Waals surface area (Å²) in [6, 6.07) is 11.3. The standard InChI is InChI=1S/C14H11N3O/c15-10-7-11(9-16-8-10)18-14-5-1-4-13-12(14)3-2-6-17-13/h1-9H,15H2. The molecule has 2 N–H and O–H groups in total. The molecule has 0 radical (unpaired) electrons. The second kappa shape index (κ2) is 4.33. The summed E-state index contributed by atoms with van der Waals surface area (Å²) in [6.45, 7) is 0. The first-order chi connectivity index (χ1) is 8.83. The molecule has 0 aliphatic carbocycles. The Kier molecular flexibility index (Phi) is 2.53. The molecule has 0 bridgehead atoms. The van der Waals surface area contributed by atoms with E-state index in [0.717, 1.165) is 16.7 Å². The van der Waals surface area contributed by atoms with E-state index in [2.05, 4.69) is 9.97 Å². The number of nitrogens with two attached hydrogens (primary N) is 1. The Morgan fingerprint density at radius 2 is 2.00 bits per heavy atom. The number of ether oxygens (including phenoxy) is 1. The molecule has 4 nitrogen and oxygen atoms in total. The summed E-state index contributed by atoms with van der Waals surface area (Å²) in [7, 11) is 0. The van der Waals surface area contributed by atoms with Crippen LogP contribution in [-0.4, -0.2) is 9.97 Å². The lowest BCUT2D eigenvalue weighted by molar-refractivity contribution is 0.486. The van der Waals surface area contributed by atoms with E-state index in [1.54, 1.807) is 24.7 Å². The molecular weight excluding hydrogens is 226 g/mol. The minimum absolute atomic E-state index is 0.575. The van der Waals surface area contributed by atoms with Gasteiger partial charge in [-0.15, -0.1) is 0 Å². The molecule has 3 aromatic rings. The molecule has 0 fully saturated rings. The molecule has 0 aliphatic heterocycles. The monoisotopic (exact) mass is 237 g/mol. The van der Waals surface area contributed by atoms with Crippen molar-refractivity contribution < 1.29 is 4.74 Å². The van der Waals surface area contributed by atoms with Gasteiger partial charge in [0, 0.05) is 17.6 Å². The normalized spacial score (nSPS) is 10.4. The zero-order chi connectivity index (χ0) is 12.4. The molecule has 4 heteroatoms. The van der Waals surface area contributed by atoms with Crippen molar-refractivity contribution in [1.29, 1.82) is 0 Å². The molecule has 0 atom stereocenters. The van der Waals surface area contributed by atoms with Crippen molar-refractivity contribution >= 4 is 16.6 Å². The van der Waals surface area contributed by atoms with Crippen molar-refractivity contribution in [1.82, 2.24) is 9.97 Å². The molecule has 2 heterocycles. The molecule has 0 saturated carbocycles. The van der Waals surface area contributed by atoms with Crippen molar-refractivity contribution in [3.05, 3.63) is 55.0 Å². The van der Waals surface area contributed by atoms with Crippen LogP contribution >= 0.6 is 0 Å². The minimum atomic E-state index is 0.575. The Morgan fingerprint density at radius 3 is 2.89 bits per heavy atom. The van der Waals surface area contributed by atoms with Gasteiger partial charge >= 0.3 is 0 Å². The van der Waals surface area contributed by atoms with Crippen LogP contribution in [0.1, 0.15) is 0 Å². The first-order valence-electron chi connectivity index (χ1n) is 5.55. The third kappa shape index (κ3) is 1.96. The number of hydrogen-bond donors (Lipinski definition) is 1. The van der Waals surface area contributed by atoms with E-state index >= 15 is 0 Å². The molecular formula is C14H11N3O. The summed E-state index contributed by atoms with van der Waals surface area (Å²) in [5.41, 5.74) is 7.14. The number of anilines is 1. The molecule has 1 aromatic carbocycles. The van der Waals surface area contributed by atoms with Crippen molar-refractivity contribution in [2.24, 2.45) is 0 Å². The Bertz CT molecular complexity index is 692. The van der Waals surface area contributed by atoms with E-state index in [1.807, 2.05) is 30.3 Å². The molecule has 0 unspecified atom stereocenters. The van der Waals surface area contributed by atoms with Crippen LogP contribution in [0.15, 0.2) is 55.0 Å². The number of nitrogens with zero attached hydrogens (tertiary/aromatic N) is 2. The van der Waals surface area contributed by atoms with Gasteiger partial charge in [0.25, 0.3) is 0 Å². The van der Waals surface area contributed by atoms with Crippen LogP contribution in [0, 0.1) is 0 Å². The number of pyridine rings is 2. The van der Waals surface area contributed by atoms with E-state index in [4.69, 9.17) is 10.5 Å². The number of nitrogen functional groups attached to an aromatic ring is 1. The van der Waals surface area contributed by atoms with Crippen molar-refractivity contribution in [3.8, 4) is 11.5 Å². The Hall–Kier alpha value is -2.62. The fourth-order valence-electron chi connectivity index (χ4n) is 1.78. The summed E-state index contributed by atoms with van der Waals surface area (Å²) in [4.78, 5) is 8.28. The Balaban J connectivity index is 2.05. The second-order valence-corrected chi connectivity index (χ2v) is 3.88. The number of benzene rings is 1. The highest BCUT2D eigenvalue weighted by Gasteiger charge is 2.04.